The van der Waals surface area contributed by atoms with Crippen LogP contribution in [0.4, 0.5) is 0 Å². The molecule has 3 heteroatoms. The molecule has 0 aromatic carbocycles. The quantitative estimate of drug-likeness (QED) is 0.0747. The van der Waals surface area contributed by atoms with Crippen LogP contribution in [0.15, 0.2) is 0 Å². The fourth-order valence-electron chi connectivity index (χ4n) is 6.50. The van der Waals surface area contributed by atoms with Crippen LogP contribution in [-0.2, 0) is 4.79 Å². The van der Waals surface area contributed by atoms with Gasteiger partial charge in [-0.15, -0.1) is 0 Å². The average Bonchev–Trinajstić information content (AvgIpc) is 3.77. The SMILES string of the molecule is CCCCCCCCCCCCCCCCCCNC(=O)C1(CCCCCCCCCCCCCCCCO)CC1. The maximum atomic E-state index is 12.7. The minimum atomic E-state index is 0.0210. The van der Waals surface area contributed by atoms with E-state index in [4.69, 9.17) is 5.11 Å². The Morgan fingerprint density at radius 2 is 0.805 bits per heavy atom. The van der Waals surface area contributed by atoms with Crippen molar-refractivity contribution in [2.45, 2.75) is 219 Å². The molecule has 244 valence electrons. The number of unbranched alkanes of at least 4 members (excludes halogenated alkanes) is 28. The molecule has 1 aliphatic carbocycles. The first-order valence-corrected chi connectivity index (χ1v) is 19.1. The molecule has 0 saturated heterocycles. The molecule has 0 bridgehead atoms. The van der Waals surface area contributed by atoms with E-state index in [-0.39, 0.29) is 5.41 Å². The molecule has 41 heavy (non-hydrogen) atoms. The lowest BCUT2D eigenvalue weighted by atomic mass is 9.96. The Bertz CT molecular complexity index is 544. The summed E-state index contributed by atoms with van der Waals surface area (Å²) in [5.74, 6) is 0.367. The maximum absolute atomic E-state index is 12.7. The van der Waals surface area contributed by atoms with Crippen molar-refractivity contribution in [2.75, 3.05) is 13.2 Å². The van der Waals surface area contributed by atoms with Crippen LogP contribution in [0, 0.1) is 5.41 Å². The van der Waals surface area contributed by atoms with Gasteiger partial charge in [-0.1, -0.05) is 187 Å². The molecule has 0 aromatic heterocycles. The predicted octanol–water partition coefficient (Wildman–Crippen LogP) is 12.0. The molecule has 0 radical (unpaired) electrons. The average molecular weight is 578 g/mol. The van der Waals surface area contributed by atoms with Crippen molar-refractivity contribution < 1.29 is 9.90 Å². The molecule has 1 aliphatic rings. The Morgan fingerprint density at radius 3 is 1.15 bits per heavy atom. The Morgan fingerprint density at radius 1 is 0.488 bits per heavy atom. The molecular formula is C38H75NO2. The summed E-state index contributed by atoms with van der Waals surface area (Å²) in [5.41, 5.74) is 0.0210. The molecule has 1 rings (SSSR count). The Kier molecular flexibility index (Phi) is 27.7. The van der Waals surface area contributed by atoms with Crippen LogP contribution in [0.1, 0.15) is 219 Å². The summed E-state index contributed by atoms with van der Waals surface area (Å²) in [6.07, 6.45) is 44.1. The number of carbonyl (C=O) groups is 1. The van der Waals surface area contributed by atoms with Gasteiger partial charge in [0.25, 0.3) is 0 Å². The highest BCUT2D eigenvalue weighted by molar-refractivity contribution is 5.85. The highest BCUT2D eigenvalue weighted by atomic mass is 16.2. The minimum absolute atomic E-state index is 0.0210. The van der Waals surface area contributed by atoms with E-state index in [1.54, 1.807) is 0 Å². The van der Waals surface area contributed by atoms with Crippen LogP contribution in [-0.4, -0.2) is 24.2 Å². The molecule has 1 saturated carbocycles. The molecule has 0 heterocycles. The van der Waals surface area contributed by atoms with Gasteiger partial charge in [0, 0.05) is 18.6 Å². The third-order valence-electron chi connectivity index (χ3n) is 9.71. The van der Waals surface area contributed by atoms with E-state index < -0.39 is 0 Å². The lowest BCUT2D eigenvalue weighted by molar-refractivity contribution is -0.126. The first-order chi connectivity index (χ1) is 20.2. The third-order valence-corrected chi connectivity index (χ3v) is 9.71. The number of amides is 1. The smallest absolute Gasteiger partial charge is 0.226 e. The van der Waals surface area contributed by atoms with Gasteiger partial charge in [0.2, 0.25) is 5.91 Å². The maximum Gasteiger partial charge on any atom is 0.226 e. The van der Waals surface area contributed by atoms with Crippen molar-refractivity contribution in [1.29, 1.82) is 0 Å². The Hall–Kier alpha value is -0.570. The van der Waals surface area contributed by atoms with Gasteiger partial charge in [0.1, 0.15) is 0 Å². The second-order valence-corrected chi connectivity index (χ2v) is 13.8. The van der Waals surface area contributed by atoms with Gasteiger partial charge in [-0.25, -0.2) is 0 Å². The van der Waals surface area contributed by atoms with E-state index >= 15 is 0 Å². The van der Waals surface area contributed by atoms with Gasteiger partial charge in [-0.3, -0.25) is 4.79 Å². The molecular weight excluding hydrogens is 502 g/mol. The highest BCUT2D eigenvalue weighted by Crippen LogP contribution is 2.50. The summed E-state index contributed by atoms with van der Waals surface area (Å²) in [5, 5.41) is 12.1. The van der Waals surface area contributed by atoms with Crippen molar-refractivity contribution in [3.05, 3.63) is 0 Å². The van der Waals surface area contributed by atoms with Gasteiger partial charge in [0.05, 0.1) is 0 Å². The van der Waals surface area contributed by atoms with E-state index in [2.05, 4.69) is 12.2 Å². The van der Waals surface area contributed by atoms with Crippen molar-refractivity contribution in [3.8, 4) is 0 Å². The first-order valence-electron chi connectivity index (χ1n) is 19.1. The Labute approximate surface area is 258 Å². The van der Waals surface area contributed by atoms with E-state index in [1.165, 1.54) is 180 Å². The van der Waals surface area contributed by atoms with Gasteiger partial charge in [-0.2, -0.15) is 0 Å². The highest BCUT2D eigenvalue weighted by Gasteiger charge is 2.48. The predicted molar refractivity (Wildman–Crippen MR) is 181 cm³/mol. The van der Waals surface area contributed by atoms with Crippen LogP contribution in [0.3, 0.4) is 0 Å². The summed E-state index contributed by atoms with van der Waals surface area (Å²) >= 11 is 0. The van der Waals surface area contributed by atoms with E-state index in [1.807, 2.05) is 0 Å². The number of rotatable bonds is 34. The van der Waals surface area contributed by atoms with Crippen molar-refractivity contribution in [2.24, 2.45) is 5.41 Å². The van der Waals surface area contributed by atoms with Crippen molar-refractivity contribution >= 4 is 5.91 Å². The topological polar surface area (TPSA) is 49.3 Å². The lowest BCUT2D eigenvalue weighted by Gasteiger charge is -2.15. The zero-order valence-electron chi connectivity index (χ0n) is 28.1. The molecule has 0 unspecified atom stereocenters. The second-order valence-electron chi connectivity index (χ2n) is 13.8. The third kappa shape index (κ3) is 24.6. The number of carbonyl (C=O) groups excluding carboxylic acids is 1. The fourth-order valence-corrected chi connectivity index (χ4v) is 6.50. The Balaban J connectivity index is 1.79. The van der Waals surface area contributed by atoms with Gasteiger partial charge < -0.3 is 10.4 Å². The largest absolute Gasteiger partial charge is 0.396 e. The van der Waals surface area contributed by atoms with Crippen LogP contribution in [0.5, 0.6) is 0 Å². The minimum Gasteiger partial charge on any atom is -0.396 e. The number of aliphatic hydroxyl groups is 1. The van der Waals surface area contributed by atoms with Gasteiger partial charge in [-0.05, 0) is 32.1 Å². The van der Waals surface area contributed by atoms with Crippen LogP contribution < -0.4 is 5.32 Å². The monoisotopic (exact) mass is 578 g/mol. The standard InChI is InChI=1S/C38H75NO2/c1-2-3-4-5-6-7-8-9-10-12-15-18-21-24-27-30-35-39-37(41)38(33-34-38)32-29-26-23-20-17-14-11-13-16-19-22-25-28-31-36-40/h40H,2-36H2,1H3,(H,39,41). The molecule has 2 N–H and O–H groups in total. The molecule has 0 aromatic rings. The van der Waals surface area contributed by atoms with Crippen molar-refractivity contribution in [1.82, 2.24) is 5.32 Å². The molecule has 0 spiro atoms. The molecule has 0 aliphatic heterocycles. The second kappa shape index (κ2) is 29.5. The lowest BCUT2D eigenvalue weighted by Crippen LogP contribution is -2.32. The zero-order chi connectivity index (χ0) is 29.5. The van der Waals surface area contributed by atoms with E-state index in [0.29, 0.717) is 12.5 Å². The van der Waals surface area contributed by atoms with Crippen LogP contribution in [0.2, 0.25) is 0 Å². The van der Waals surface area contributed by atoms with E-state index in [9.17, 15) is 4.79 Å². The van der Waals surface area contributed by atoms with Crippen LogP contribution >= 0.6 is 0 Å². The molecule has 1 fully saturated rings. The summed E-state index contributed by atoms with van der Waals surface area (Å²) in [4.78, 5) is 12.7. The molecule has 3 nitrogen and oxygen atoms in total. The molecule has 0 atom stereocenters. The van der Waals surface area contributed by atoms with Gasteiger partial charge >= 0.3 is 0 Å². The van der Waals surface area contributed by atoms with Crippen LogP contribution in [0.25, 0.3) is 0 Å². The summed E-state index contributed by atoms with van der Waals surface area (Å²) in [6.45, 7) is 3.54. The first kappa shape index (κ1) is 38.5. The van der Waals surface area contributed by atoms with Crippen molar-refractivity contribution in [3.63, 3.8) is 0 Å². The summed E-state index contributed by atoms with van der Waals surface area (Å²) < 4.78 is 0. The summed E-state index contributed by atoms with van der Waals surface area (Å²) in [6, 6.07) is 0. The van der Waals surface area contributed by atoms with E-state index in [0.717, 1.165) is 38.6 Å². The number of hydrogen-bond acceptors (Lipinski definition) is 2. The number of aliphatic hydroxyl groups excluding tert-OH is 1. The zero-order valence-corrected chi connectivity index (χ0v) is 28.1. The number of hydrogen-bond donors (Lipinski definition) is 2. The molecule has 1 amide bonds. The fraction of sp³-hybridized carbons (Fsp3) is 0.974. The van der Waals surface area contributed by atoms with Gasteiger partial charge in [0.15, 0.2) is 0 Å². The summed E-state index contributed by atoms with van der Waals surface area (Å²) in [7, 11) is 0. The number of nitrogens with one attached hydrogen (secondary N) is 1. The normalized spacial score (nSPS) is 14.0.